The van der Waals surface area contributed by atoms with E-state index in [2.05, 4.69) is 26.8 Å². The maximum absolute atomic E-state index is 14.7. The van der Waals surface area contributed by atoms with E-state index in [4.69, 9.17) is 0 Å². The largest absolute Gasteiger partial charge is 0.327 e. The molecule has 0 amide bonds. The number of aromatic nitrogens is 4. The first-order valence-electron chi connectivity index (χ1n) is 8.19. The molecule has 0 saturated carbocycles. The van der Waals surface area contributed by atoms with Crippen LogP contribution >= 0.6 is 0 Å². The van der Waals surface area contributed by atoms with Crippen molar-refractivity contribution in [2.24, 2.45) is 7.05 Å². The summed E-state index contributed by atoms with van der Waals surface area (Å²) >= 11 is 0. The third-order valence-corrected chi connectivity index (χ3v) is 4.16. The fraction of sp³-hybridized carbons (Fsp3) is 0.0500. The second kappa shape index (κ2) is 6.63. The van der Waals surface area contributed by atoms with Gasteiger partial charge in [-0.3, -0.25) is 14.8 Å². The lowest BCUT2D eigenvalue weighted by molar-refractivity contribution is 0.585. The van der Waals surface area contributed by atoms with Gasteiger partial charge < -0.3 is 4.57 Å². The molecule has 4 aromatic rings. The summed E-state index contributed by atoms with van der Waals surface area (Å²) in [7, 11) is 1.43. The van der Waals surface area contributed by atoms with Crippen molar-refractivity contribution in [2.45, 2.75) is 0 Å². The molecular formula is C20H12F2N4O2. The minimum atomic E-state index is -0.880. The lowest BCUT2D eigenvalue weighted by Crippen LogP contribution is -2.22. The topological polar surface area (TPSA) is 83.5 Å². The van der Waals surface area contributed by atoms with Crippen LogP contribution in [-0.2, 0) is 7.05 Å². The summed E-state index contributed by atoms with van der Waals surface area (Å²) in [4.78, 5) is 31.8. The molecule has 2 N–H and O–H groups in total. The molecule has 6 nitrogen and oxygen atoms in total. The number of nitrogens with zero attached hydrogens (tertiary/aromatic N) is 2. The smallest absolute Gasteiger partial charge is 0.321 e. The van der Waals surface area contributed by atoms with Gasteiger partial charge in [-0.05, 0) is 24.3 Å². The van der Waals surface area contributed by atoms with Gasteiger partial charge in [0.25, 0.3) is 5.56 Å². The molecule has 0 saturated heterocycles. The van der Waals surface area contributed by atoms with Gasteiger partial charge in [0.15, 0.2) is 11.2 Å². The molecule has 8 heteroatoms. The van der Waals surface area contributed by atoms with Gasteiger partial charge in [-0.25, -0.2) is 18.6 Å². The Morgan fingerprint density at radius 3 is 2.29 bits per heavy atom. The molecule has 0 radical (unpaired) electrons. The lowest BCUT2D eigenvalue weighted by atomic mass is 10.1. The third-order valence-electron chi connectivity index (χ3n) is 4.16. The molecule has 0 unspecified atom stereocenters. The zero-order chi connectivity index (χ0) is 19.8. The summed E-state index contributed by atoms with van der Waals surface area (Å²) in [6.45, 7) is 0. The molecule has 2 aromatic heterocycles. The predicted molar refractivity (Wildman–Crippen MR) is 99.7 cm³/mol. The first kappa shape index (κ1) is 17.4. The van der Waals surface area contributed by atoms with Crippen LogP contribution in [-0.4, -0.2) is 19.5 Å². The summed E-state index contributed by atoms with van der Waals surface area (Å²) < 4.78 is 30.6. The molecule has 0 aliphatic rings. The van der Waals surface area contributed by atoms with Crippen LogP contribution < -0.4 is 11.2 Å². The van der Waals surface area contributed by atoms with Crippen LogP contribution in [0.5, 0.6) is 0 Å². The third kappa shape index (κ3) is 2.99. The van der Waals surface area contributed by atoms with Gasteiger partial charge in [-0.1, -0.05) is 30.0 Å². The SMILES string of the molecule is Cn1c(-c2c(F)cc(C#Cc3ccccc3)cc2F)nc2[nH]c(=O)[nH]c(=O)c21. The van der Waals surface area contributed by atoms with Crippen molar-refractivity contribution in [3.63, 3.8) is 0 Å². The number of H-pyrrole nitrogens is 2. The van der Waals surface area contributed by atoms with Gasteiger partial charge in [0.1, 0.15) is 17.5 Å². The Morgan fingerprint density at radius 1 is 0.964 bits per heavy atom. The van der Waals surface area contributed by atoms with Crippen LogP contribution in [0.2, 0.25) is 0 Å². The minimum Gasteiger partial charge on any atom is -0.321 e. The molecule has 28 heavy (non-hydrogen) atoms. The Kier molecular flexibility index (Phi) is 4.12. The summed E-state index contributed by atoms with van der Waals surface area (Å²) in [6, 6.07) is 11.2. The molecule has 0 fully saturated rings. The number of aromatic amines is 2. The van der Waals surface area contributed by atoms with Gasteiger partial charge in [0.2, 0.25) is 0 Å². The van der Waals surface area contributed by atoms with Crippen molar-refractivity contribution in [1.29, 1.82) is 0 Å². The van der Waals surface area contributed by atoms with Gasteiger partial charge >= 0.3 is 5.69 Å². The molecule has 0 bridgehead atoms. The van der Waals surface area contributed by atoms with E-state index in [1.54, 1.807) is 12.1 Å². The van der Waals surface area contributed by atoms with E-state index in [9.17, 15) is 18.4 Å². The Hall–Kier alpha value is -3.99. The number of benzene rings is 2. The zero-order valence-corrected chi connectivity index (χ0v) is 14.5. The summed E-state index contributed by atoms with van der Waals surface area (Å²) in [5.41, 5.74) is -1.05. The first-order valence-corrected chi connectivity index (χ1v) is 8.19. The van der Waals surface area contributed by atoms with Crippen molar-refractivity contribution in [3.05, 3.63) is 86.1 Å². The average Bonchev–Trinajstić information content (AvgIpc) is 2.96. The van der Waals surface area contributed by atoms with Crippen molar-refractivity contribution >= 4 is 11.2 Å². The van der Waals surface area contributed by atoms with Gasteiger partial charge in [0.05, 0.1) is 5.56 Å². The highest BCUT2D eigenvalue weighted by molar-refractivity contribution is 5.76. The van der Waals surface area contributed by atoms with E-state index >= 15 is 0 Å². The first-order chi connectivity index (χ1) is 13.4. The highest BCUT2D eigenvalue weighted by Gasteiger charge is 2.21. The van der Waals surface area contributed by atoms with Gasteiger partial charge in [-0.2, -0.15) is 0 Å². The second-order valence-electron chi connectivity index (χ2n) is 6.03. The van der Waals surface area contributed by atoms with Crippen molar-refractivity contribution in [3.8, 4) is 23.2 Å². The van der Waals surface area contributed by atoms with E-state index in [-0.39, 0.29) is 22.6 Å². The van der Waals surface area contributed by atoms with Crippen molar-refractivity contribution in [2.75, 3.05) is 0 Å². The van der Waals surface area contributed by atoms with Gasteiger partial charge in [-0.15, -0.1) is 0 Å². The molecule has 0 atom stereocenters. The molecular weight excluding hydrogens is 366 g/mol. The monoisotopic (exact) mass is 378 g/mol. The second-order valence-corrected chi connectivity index (χ2v) is 6.03. The average molecular weight is 378 g/mol. The molecule has 0 aliphatic heterocycles. The van der Waals surface area contributed by atoms with Crippen LogP contribution in [0.4, 0.5) is 8.78 Å². The Labute approximate surface area is 156 Å². The van der Waals surface area contributed by atoms with Crippen molar-refractivity contribution in [1.82, 2.24) is 19.5 Å². The number of imidazole rings is 1. The van der Waals surface area contributed by atoms with E-state index in [1.165, 1.54) is 11.6 Å². The highest BCUT2D eigenvalue weighted by Crippen LogP contribution is 2.27. The molecule has 0 spiro atoms. The number of fused-ring (bicyclic) bond motifs is 1. The van der Waals surface area contributed by atoms with Crippen LogP contribution in [0.15, 0.2) is 52.1 Å². The number of aryl methyl sites for hydroxylation is 1. The molecule has 2 aromatic carbocycles. The normalized spacial score (nSPS) is 10.7. The number of rotatable bonds is 1. The summed E-state index contributed by atoms with van der Waals surface area (Å²) in [5, 5.41) is 0. The fourth-order valence-electron chi connectivity index (χ4n) is 2.90. The predicted octanol–water partition coefficient (Wildman–Crippen LogP) is 2.29. The van der Waals surface area contributed by atoms with E-state index in [1.807, 2.05) is 18.2 Å². The minimum absolute atomic E-state index is 0.00125. The van der Waals surface area contributed by atoms with E-state index in [0.717, 1.165) is 12.1 Å². The molecule has 138 valence electrons. The van der Waals surface area contributed by atoms with Gasteiger partial charge in [0, 0.05) is 18.2 Å². The number of halogens is 2. The Morgan fingerprint density at radius 2 is 1.61 bits per heavy atom. The molecule has 2 heterocycles. The van der Waals surface area contributed by atoms with Crippen LogP contribution in [0.25, 0.3) is 22.6 Å². The maximum atomic E-state index is 14.7. The van der Waals surface area contributed by atoms with E-state index in [0.29, 0.717) is 5.56 Å². The number of nitrogens with one attached hydrogen (secondary N) is 2. The highest BCUT2D eigenvalue weighted by atomic mass is 19.1. The Bertz CT molecular complexity index is 1370. The van der Waals surface area contributed by atoms with Crippen LogP contribution in [0.3, 0.4) is 0 Å². The van der Waals surface area contributed by atoms with Crippen LogP contribution in [0, 0.1) is 23.5 Å². The molecule has 0 aliphatic carbocycles. The van der Waals surface area contributed by atoms with Crippen molar-refractivity contribution < 1.29 is 8.78 Å². The standard InChI is InChI=1S/C20H12F2N4O2/c1-26-16-17(24-20(28)25-19(16)27)23-18(26)15-13(21)9-12(10-14(15)22)8-7-11-5-3-2-4-6-11/h2-6,9-10H,1H3,(H2,24,25,27,28). The fourth-order valence-corrected chi connectivity index (χ4v) is 2.90. The lowest BCUT2D eigenvalue weighted by Gasteiger charge is -2.06. The number of hydrogen-bond donors (Lipinski definition) is 2. The maximum Gasteiger partial charge on any atom is 0.327 e. The Balaban J connectivity index is 1.84. The quantitative estimate of drug-likeness (QED) is 0.499. The summed E-state index contributed by atoms with van der Waals surface area (Å²) in [5.74, 6) is 3.67. The molecule has 4 rings (SSSR count). The van der Waals surface area contributed by atoms with Crippen LogP contribution in [0.1, 0.15) is 11.1 Å². The summed E-state index contributed by atoms with van der Waals surface area (Å²) in [6.07, 6.45) is 0. The zero-order valence-electron chi connectivity index (χ0n) is 14.5. The van der Waals surface area contributed by atoms with E-state index < -0.39 is 28.4 Å². The number of hydrogen-bond acceptors (Lipinski definition) is 3.